The third-order valence-electron chi connectivity index (χ3n) is 7.54. The smallest absolute Gasteiger partial charge is 0.142 e. The van der Waals surface area contributed by atoms with Gasteiger partial charge in [0.2, 0.25) is 0 Å². The Bertz CT molecular complexity index is 1020. The predicted molar refractivity (Wildman–Crippen MR) is 159 cm³/mol. The van der Waals surface area contributed by atoms with Gasteiger partial charge in [-0.2, -0.15) is 0 Å². The molecule has 2 aliphatic heterocycles. The van der Waals surface area contributed by atoms with Crippen LogP contribution in [0.15, 0.2) is 42.5 Å². The van der Waals surface area contributed by atoms with Crippen molar-refractivity contribution in [2.75, 3.05) is 78.3 Å². The number of rotatable bonds is 17. The van der Waals surface area contributed by atoms with Gasteiger partial charge in [-0.15, -0.1) is 0 Å². The molecule has 1 saturated heterocycles. The number of hydrogen-bond donors (Lipinski definition) is 2. The van der Waals surface area contributed by atoms with Gasteiger partial charge >= 0.3 is 0 Å². The molecule has 2 N–H and O–H groups in total. The minimum absolute atomic E-state index is 0.0261. The monoisotopic (exact) mass is 572 g/mol. The fraction of sp³-hybridized carbons (Fsp3) is 0.625. The van der Waals surface area contributed by atoms with Gasteiger partial charge in [-0.1, -0.05) is 30.3 Å². The van der Waals surface area contributed by atoms with E-state index < -0.39 is 6.10 Å². The van der Waals surface area contributed by atoms with Crippen LogP contribution in [0.4, 0.5) is 5.69 Å². The summed E-state index contributed by atoms with van der Waals surface area (Å²) in [5.74, 6) is 0.946. The van der Waals surface area contributed by atoms with Crippen LogP contribution in [0.2, 0.25) is 0 Å². The molecule has 0 radical (unpaired) electrons. The Hall–Kier alpha value is -2.24. The number of fused-ring (bicyclic) bond motifs is 1. The fourth-order valence-electron chi connectivity index (χ4n) is 5.45. The van der Waals surface area contributed by atoms with E-state index in [4.69, 9.17) is 28.4 Å². The summed E-state index contributed by atoms with van der Waals surface area (Å²) in [4.78, 5) is 2.37. The average Bonchev–Trinajstić information content (AvgIpc) is 2.99. The van der Waals surface area contributed by atoms with Crippen LogP contribution in [0.1, 0.15) is 42.4 Å². The van der Waals surface area contributed by atoms with E-state index in [1.807, 2.05) is 0 Å². The van der Waals surface area contributed by atoms with E-state index in [1.54, 1.807) is 21.1 Å². The summed E-state index contributed by atoms with van der Waals surface area (Å²) in [7, 11) is 3.44. The number of nitrogens with zero attached hydrogens (tertiary/aromatic N) is 1. The molecule has 0 saturated carbocycles. The van der Waals surface area contributed by atoms with Crippen LogP contribution in [-0.4, -0.2) is 96.9 Å². The molecule has 2 aromatic rings. The molecule has 0 amide bonds. The summed E-state index contributed by atoms with van der Waals surface area (Å²) < 4.78 is 34.9. The zero-order valence-corrected chi connectivity index (χ0v) is 24.9. The number of aliphatic hydroxyl groups excluding tert-OH is 1. The van der Waals surface area contributed by atoms with Gasteiger partial charge in [0.25, 0.3) is 0 Å². The Balaban J connectivity index is 1.44. The van der Waals surface area contributed by atoms with Gasteiger partial charge in [-0.05, 0) is 48.6 Å². The Morgan fingerprint density at radius 1 is 0.927 bits per heavy atom. The van der Waals surface area contributed by atoms with Gasteiger partial charge in [-0.3, -0.25) is 0 Å². The van der Waals surface area contributed by atoms with Crippen molar-refractivity contribution in [3.63, 3.8) is 0 Å². The van der Waals surface area contributed by atoms with Gasteiger partial charge in [0.1, 0.15) is 12.4 Å². The maximum absolute atomic E-state index is 9.90. The molecule has 2 aliphatic rings. The van der Waals surface area contributed by atoms with Crippen molar-refractivity contribution in [1.29, 1.82) is 0 Å². The van der Waals surface area contributed by atoms with E-state index in [0.717, 1.165) is 61.6 Å². The first-order valence-corrected chi connectivity index (χ1v) is 14.9. The molecule has 0 aromatic heterocycles. The lowest BCUT2D eigenvalue weighted by Crippen LogP contribution is -2.51. The summed E-state index contributed by atoms with van der Waals surface area (Å²) in [6.45, 7) is 9.13. The highest BCUT2D eigenvalue weighted by Crippen LogP contribution is 2.34. The number of ether oxygens (including phenoxy) is 6. The van der Waals surface area contributed by atoms with E-state index in [-0.39, 0.29) is 24.7 Å². The van der Waals surface area contributed by atoms with Crippen LogP contribution < -0.4 is 15.0 Å². The van der Waals surface area contributed by atoms with Crippen molar-refractivity contribution in [2.45, 2.75) is 57.2 Å². The van der Waals surface area contributed by atoms with Crippen molar-refractivity contribution in [1.82, 2.24) is 5.32 Å². The molecule has 41 heavy (non-hydrogen) atoms. The molecule has 9 nitrogen and oxygen atoms in total. The first-order valence-electron chi connectivity index (χ1n) is 14.9. The van der Waals surface area contributed by atoms with E-state index in [1.165, 1.54) is 5.56 Å². The molecule has 2 unspecified atom stereocenters. The molecule has 0 aliphatic carbocycles. The molecular weight excluding hydrogens is 524 g/mol. The molecule has 9 heteroatoms. The van der Waals surface area contributed by atoms with Crippen molar-refractivity contribution >= 4 is 5.69 Å². The summed E-state index contributed by atoms with van der Waals surface area (Å²) in [5, 5.41) is 13.4. The summed E-state index contributed by atoms with van der Waals surface area (Å²) in [6.07, 6.45) is 1.11. The van der Waals surface area contributed by atoms with Crippen LogP contribution in [0.5, 0.6) is 5.75 Å². The Kier molecular flexibility index (Phi) is 13.2. The highest BCUT2D eigenvalue weighted by molar-refractivity contribution is 5.61. The number of piperidine rings is 1. The number of nitrogens with one attached hydrogen (secondary N) is 1. The zero-order valence-electron chi connectivity index (χ0n) is 24.9. The maximum Gasteiger partial charge on any atom is 0.142 e. The Labute approximate surface area is 245 Å². The molecule has 228 valence electrons. The van der Waals surface area contributed by atoms with Crippen molar-refractivity contribution in [3.05, 3.63) is 59.2 Å². The van der Waals surface area contributed by atoms with Gasteiger partial charge in [0.15, 0.2) is 0 Å². The Morgan fingerprint density at radius 2 is 1.66 bits per heavy atom. The van der Waals surface area contributed by atoms with Crippen LogP contribution in [-0.2, 0) is 36.9 Å². The van der Waals surface area contributed by atoms with E-state index in [0.29, 0.717) is 39.6 Å². The number of anilines is 1. The molecule has 4 atom stereocenters. The summed E-state index contributed by atoms with van der Waals surface area (Å²) >= 11 is 0. The zero-order chi connectivity index (χ0) is 28.9. The predicted octanol–water partition coefficient (Wildman–Crippen LogP) is 3.51. The molecule has 4 rings (SSSR count). The van der Waals surface area contributed by atoms with Crippen LogP contribution in [0, 0.1) is 0 Å². The van der Waals surface area contributed by atoms with Gasteiger partial charge in [0.05, 0.1) is 50.4 Å². The molecule has 1 fully saturated rings. The minimum atomic E-state index is -0.529. The molecule has 2 heterocycles. The standard InChI is InChI=1S/C32H48N2O7/c1-24(35)21-40-30-19-33-20-31(32(30)27-9-6-25(7-10-27)22-38-16-5-15-37-3)41-23-26-8-11-29-28(18-26)34(13-17-39-29)12-4-14-36-2/h6-11,18,24,30-33,35H,4-5,12-17,19-23H2,1-3H3/t24?,30-,31+,32?/m1/s1. The summed E-state index contributed by atoms with van der Waals surface area (Å²) in [6, 6.07) is 14.9. The third kappa shape index (κ3) is 9.64. The second-order valence-corrected chi connectivity index (χ2v) is 10.9. The van der Waals surface area contributed by atoms with Crippen LogP contribution in [0.25, 0.3) is 0 Å². The molecule has 0 spiro atoms. The van der Waals surface area contributed by atoms with E-state index in [2.05, 4.69) is 52.7 Å². The Morgan fingerprint density at radius 3 is 2.41 bits per heavy atom. The fourth-order valence-corrected chi connectivity index (χ4v) is 5.45. The topological polar surface area (TPSA) is 90.9 Å². The van der Waals surface area contributed by atoms with Crippen molar-refractivity contribution in [3.8, 4) is 5.75 Å². The lowest BCUT2D eigenvalue weighted by molar-refractivity contribution is -0.0752. The van der Waals surface area contributed by atoms with E-state index in [9.17, 15) is 5.11 Å². The number of benzene rings is 2. The van der Waals surface area contributed by atoms with Crippen molar-refractivity contribution < 1.29 is 33.5 Å². The highest BCUT2D eigenvalue weighted by atomic mass is 16.5. The van der Waals surface area contributed by atoms with Crippen LogP contribution >= 0.6 is 0 Å². The second kappa shape index (κ2) is 17.0. The number of aliphatic hydroxyl groups is 1. The summed E-state index contributed by atoms with van der Waals surface area (Å²) in [5.41, 5.74) is 4.52. The van der Waals surface area contributed by atoms with Crippen LogP contribution in [0.3, 0.4) is 0 Å². The van der Waals surface area contributed by atoms with Gasteiger partial charge in [-0.25, -0.2) is 0 Å². The number of methoxy groups -OCH3 is 2. The molecular formula is C32H48N2O7. The first kappa shape index (κ1) is 31.7. The molecule has 0 bridgehead atoms. The normalized spacial score (nSPS) is 21.4. The van der Waals surface area contributed by atoms with Gasteiger partial charge < -0.3 is 43.7 Å². The SMILES string of the molecule is COCCCOCc1ccc(C2[C@@H](OCc3ccc4c(c3)N(CCCOC)CCO4)CNC[C@H]2OCC(C)O)cc1. The maximum atomic E-state index is 9.90. The quantitative estimate of drug-likeness (QED) is 0.276. The van der Waals surface area contributed by atoms with Gasteiger partial charge in [0, 0.05) is 59.6 Å². The highest BCUT2D eigenvalue weighted by Gasteiger charge is 2.36. The van der Waals surface area contributed by atoms with Crippen molar-refractivity contribution in [2.24, 2.45) is 0 Å². The minimum Gasteiger partial charge on any atom is -0.490 e. The third-order valence-corrected chi connectivity index (χ3v) is 7.54. The van der Waals surface area contributed by atoms with E-state index >= 15 is 0 Å². The molecule has 2 aromatic carbocycles. The first-order chi connectivity index (χ1) is 20.1. The lowest BCUT2D eigenvalue weighted by Gasteiger charge is -2.39. The average molecular weight is 573 g/mol. The lowest BCUT2D eigenvalue weighted by atomic mass is 9.85. The largest absolute Gasteiger partial charge is 0.490 e. The number of hydrogen-bond acceptors (Lipinski definition) is 9. The second-order valence-electron chi connectivity index (χ2n) is 10.9.